The van der Waals surface area contributed by atoms with E-state index in [2.05, 4.69) is 21.5 Å². The van der Waals surface area contributed by atoms with E-state index in [0.29, 0.717) is 5.69 Å². The predicted octanol–water partition coefficient (Wildman–Crippen LogP) is 1.15. The summed E-state index contributed by atoms with van der Waals surface area (Å²) in [4.78, 5) is 36.7. The molecule has 138 valence electrons. The number of benzene rings is 2. The van der Waals surface area contributed by atoms with Gasteiger partial charge >= 0.3 is 6.03 Å². The van der Waals surface area contributed by atoms with Crippen molar-refractivity contribution in [2.24, 2.45) is 0 Å². The van der Waals surface area contributed by atoms with Gasteiger partial charge in [-0.1, -0.05) is 18.2 Å². The zero-order valence-corrected chi connectivity index (χ0v) is 13.9. The fourth-order valence-electron chi connectivity index (χ4n) is 3.23. The number of nitrogens with one attached hydrogen (secondary N) is 4. The van der Waals surface area contributed by atoms with Gasteiger partial charge in [0.2, 0.25) is 0 Å². The molecule has 9 heteroatoms. The Labute approximate surface area is 153 Å². The summed E-state index contributed by atoms with van der Waals surface area (Å²) in [6.45, 7) is 0. The molecule has 2 aromatic rings. The van der Waals surface area contributed by atoms with E-state index >= 15 is 0 Å². The molecule has 0 radical (unpaired) electrons. The minimum atomic E-state index is -1.57. The molecule has 1 spiro atoms. The van der Waals surface area contributed by atoms with Gasteiger partial charge in [0.05, 0.1) is 5.69 Å². The summed E-state index contributed by atoms with van der Waals surface area (Å²) in [5.41, 5.74) is 4.52. The van der Waals surface area contributed by atoms with Crippen molar-refractivity contribution in [1.82, 2.24) is 16.1 Å². The number of anilines is 1. The molecule has 2 aromatic carbocycles. The van der Waals surface area contributed by atoms with Crippen molar-refractivity contribution in [1.29, 1.82) is 0 Å². The number of hydrogen-bond donors (Lipinski definition) is 4. The summed E-state index contributed by atoms with van der Waals surface area (Å²) in [6.07, 6.45) is -1.26. The molecule has 4 rings (SSSR count). The Kier molecular flexibility index (Phi) is 3.91. The van der Waals surface area contributed by atoms with Crippen LogP contribution in [0.15, 0.2) is 48.5 Å². The van der Waals surface area contributed by atoms with Gasteiger partial charge in [0.1, 0.15) is 11.6 Å². The van der Waals surface area contributed by atoms with E-state index in [1.165, 1.54) is 6.07 Å². The maximum absolute atomic E-state index is 13.7. The van der Waals surface area contributed by atoms with Crippen LogP contribution in [-0.4, -0.2) is 23.9 Å². The Morgan fingerprint density at radius 3 is 2.67 bits per heavy atom. The smallest absolute Gasteiger partial charge is 0.322 e. The molecule has 2 atom stereocenters. The van der Waals surface area contributed by atoms with Crippen LogP contribution >= 0.6 is 0 Å². The minimum Gasteiger partial charge on any atom is -0.480 e. The number of hydrogen-bond acceptors (Lipinski definition) is 5. The van der Waals surface area contributed by atoms with E-state index in [9.17, 15) is 18.8 Å². The normalized spacial score (nSPS) is 23.1. The molecule has 2 aliphatic rings. The topological polar surface area (TPSA) is 109 Å². The predicted molar refractivity (Wildman–Crippen MR) is 92.0 cm³/mol. The molecule has 8 nitrogen and oxygen atoms in total. The Balaban J connectivity index is 1.61. The first-order chi connectivity index (χ1) is 13.0. The highest BCUT2D eigenvalue weighted by Crippen LogP contribution is 2.41. The molecule has 4 N–H and O–H groups in total. The number of amides is 4. The van der Waals surface area contributed by atoms with Crippen molar-refractivity contribution >= 4 is 23.5 Å². The van der Waals surface area contributed by atoms with Crippen LogP contribution in [0.5, 0.6) is 5.75 Å². The lowest BCUT2D eigenvalue weighted by molar-refractivity contribution is -0.132. The molecule has 2 heterocycles. The molecule has 27 heavy (non-hydrogen) atoms. The summed E-state index contributed by atoms with van der Waals surface area (Å²) >= 11 is 0. The standard InChI is InChI=1S/C18H15FN4O4/c19-10-6-7-13-12(8-10)18(16(25)20-17(26)21-18)9-14(27-13)15(24)23-22-11-4-2-1-3-5-11/h1-8,14,22H,9H2,(H,23,24)(H2,20,21,25,26)/t14-,18-/m0/s1. The van der Waals surface area contributed by atoms with Gasteiger partial charge in [0, 0.05) is 12.0 Å². The Morgan fingerprint density at radius 2 is 1.96 bits per heavy atom. The van der Waals surface area contributed by atoms with E-state index in [-0.39, 0.29) is 17.7 Å². The Morgan fingerprint density at radius 1 is 1.19 bits per heavy atom. The number of hydrazine groups is 1. The monoisotopic (exact) mass is 370 g/mol. The fourth-order valence-corrected chi connectivity index (χ4v) is 3.23. The molecule has 0 unspecified atom stereocenters. The molecule has 0 saturated carbocycles. The van der Waals surface area contributed by atoms with Crippen LogP contribution in [0.1, 0.15) is 12.0 Å². The largest absolute Gasteiger partial charge is 0.480 e. The quantitative estimate of drug-likeness (QED) is 0.479. The van der Waals surface area contributed by atoms with E-state index in [0.717, 1.165) is 12.1 Å². The van der Waals surface area contributed by atoms with Crippen LogP contribution in [0, 0.1) is 5.82 Å². The third-order valence-electron chi connectivity index (χ3n) is 4.50. The maximum atomic E-state index is 13.7. The summed E-state index contributed by atoms with van der Waals surface area (Å²) in [6, 6.07) is 11.8. The van der Waals surface area contributed by atoms with Crippen LogP contribution < -0.4 is 26.2 Å². The van der Waals surface area contributed by atoms with Gasteiger partial charge in [0.25, 0.3) is 11.8 Å². The lowest BCUT2D eigenvalue weighted by Gasteiger charge is -2.36. The molecule has 0 aromatic heterocycles. The lowest BCUT2D eigenvalue weighted by Crippen LogP contribution is -2.54. The van der Waals surface area contributed by atoms with E-state index in [1.54, 1.807) is 24.3 Å². The molecule has 0 aliphatic carbocycles. The Bertz CT molecular complexity index is 936. The second-order valence-corrected chi connectivity index (χ2v) is 6.24. The summed E-state index contributed by atoms with van der Waals surface area (Å²) in [5, 5.41) is 4.66. The molecular weight excluding hydrogens is 355 g/mol. The van der Waals surface area contributed by atoms with Gasteiger partial charge in [-0.05, 0) is 30.3 Å². The van der Waals surface area contributed by atoms with Crippen molar-refractivity contribution in [3.8, 4) is 5.75 Å². The number of halogens is 1. The molecule has 1 fully saturated rings. The summed E-state index contributed by atoms with van der Waals surface area (Å²) in [7, 11) is 0. The first-order valence-corrected chi connectivity index (χ1v) is 8.19. The molecular formula is C18H15FN4O4. The number of fused-ring (bicyclic) bond motifs is 2. The summed E-state index contributed by atoms with van der Waals surface area (Å²) in [5.74, 6) is -1.63. The first kappa shape index (κ1) is 16.8. The van der Waals surface area contributed by atoms with Crippen LogP contribution in [0.2, 0.25) is 0 Å². The molecule has 0 bridgehead atoms. The number of rotatable bonds is 3. The highest BCUT2D eigenvalue weighted by molar-refractivity contribution is 6.08. The summed E-state index contributed by atoms with van der Waals surface area (Å²) < 4.78 is 19.4. The van der Waals surface area contributed by atoms with Gasteiger partial charge in [0.15, 0.2) is 11.6 Å². The van der Waals surface area contributed by atoms with Crippen LogP contribution in [-0.2, 0) is 15.1 Å². The van der Waals surface area contributed by atoms with Crippen LogP contribution in [0.4, 0.5) is 14.9 Å². The molecule has 4 amide bonds. The van der Waals surface area contributed by atoms with Crippen molar-refractivity contribution in [3.05, 3.63) is 59.9 Å². The van der Waals surface area contributed by atoms with Gasteiger partial charge in [-0.3, -0.25) is 25.8 Å². The third-order valence-corrected chi connectivity index (χ3v) is 4.50. The van der Waals surface area contributed by atoms with E-state index in [4.69, 9.17) is 4.74 Å². The Hall–Kier alpha value is -3.62. The second-order valence-electron chi connectivity index (χ2n) is 6.24. The number of carbonyl (C=O) groups is 3. The van der Waals surface area contributed by atoms with Gasteiger partial charge in [-0.2, -0.15) is 0 Å². The van der Waals surface area contributed by atoms with Crippen LogP contribution in [0.3, 0.4) is 0 Å². The molecule has 1 saturated heterocycles. The van der Waals surface area contributed by atoms with Gasteiger partial charge in [-0.25, -0.2) is 9.18 Å². The van der Waals surface area contributed by atoms with Gasteiger partial charge < -0.3 is 10.1 Å². The van der Waals surface area contributed by atoms with Crippen molar-refractivity contribution in [2.75, 3.05) is 5.43 Å². The highest BCUT2D eigenvalue weighted by atomic mass is 19.1. The third kappa shape index (κ3) is 2.92. The first-order valence-electron chi connectivity index (χ1n) is 8.19. The van der Waals surface area contributed by atoms with Gasteiger partial charge in [-0.15, -0.1) is 0 Å². The number of para-hydroxylation sites is 1. The zero-order valence-electron chi connectivity index (χ0n) is 13.9. The lowest BCUT2D eigenvalue weighted by atomic mass is 9.81. The minimum absolute atomic E-state index is 0.153. The number of carbonyl (C=O) groups excluding carboxylic acids is 3. The van der Waals surface area contributed by atoms with Crippen LogP contribution in [0.25, 0.3) is 0 Å². The SMILES string of the molecule is O=C1NC(=O)[C@@]2(C[C@@H](C(=O)NNc3ccccc3)Oc3ccc(F)cc32)N1. The average Bonchev–Trinajstić information content (AvgIpc) is 2.94. The number of ether oxygens (including phenoxy) is 1. The second kappa shape index (κ2) is 6.27. The zero-order chi connectivity index (χ0) is 19.0. The van der Waals surface area contributed by atoms with E-state index < -0.39 is 35.3 Å². The molecule has 2 aliphatic heterocycles. The van der Waals surface area contributed by atoms with E-state index in [1.807, 2.05) is 6.07 Å². The van der Waals surface area contributed by atoms with Crippen molar-refractivity contribution in [3.63, 3.8) is 0 Å². The van der Waals surface area contributed by atoms with Crippen molar-refractivity contribution < 1.29 is 23.5 Å². The highest BCUT2D eigenvalue weighted by Gasteiger charge is 2.54. The average molecular weight is 370 g/mol. The van der Waals surface area contributed by atoms with Crippen molar-refractivity contribution in [2.45, 2.75) is 18.1 Å². The number of imide groups is 1. The number of urea groups is 1. The fraction of sp³-hybridized carbons (Fsp3) is 0.167. The maximum Gasteiger partial charge on any atom is 0.322 e.